The van der Waals surface area contributed by atoms with Gasteiger partial charge in [0.25, 0.3) is 5.91 Å². The second-order valence-corrected chi connectivity index (χ2v) is 5.33. The molecule has 1 atom stereocenters. The maximum Gasteiger partial charge on any atom is 0.273 e. The van der Waals surface area contributed by atoms with Crippen LogP contribution in [0.1, 0.15) is 22.5 Å². The van der Waals surface area contributed by atoms with Crippen molar-refractivity contribution in [2.24, 2.45) is 0 Å². The standard InChI is InChI=1S/C14H15ClN4O2/c15-12-4-2-1-3-10(12)7-19-8-13(17-18-19)14(20)16-11-5-6-21-9-11/h1-4,8,11H,5-7,9H2,(H,16,20)/t11-/m1/s1. The van der Waals surface area contributed by atoms with E-state index >= 15 is 0 Å². The van der Waals surface area contributed by atoms with Crippen LogP contribution in [0.15, 0.2) is 30.5 Å². The number of halogens is 1. The Morgan fingerprint density at radius 2 is 2.33 bits per heavy atom. The second-order valence-electron chi connectivity index (χ2n) is 4.93. The Hall–Kier alpha value is -1.92. The van der Waals surface area contributed by atoms with Crippen LogP contribution in [0.2, 0.25) is 5.02 Å². The molecule has 2 aromatic rings. The van der Waals surface area contributed by atoms with E-state index in [2.05, 4.69) is 15.6 Å². The van der Waals surface area contributed by atoms with E-state index in [1.54, 1.807) is 10.9 Å². The van der Waals surface area contributed by atoms with Crippen molar-refractivity contribution in [3.8, 4) is 0 Å². The van der Waals surface area contributed by atoms with Gasteiger partial charge in [0.15, 0.2) is 5.69 Å². The highest BCUT2D eigenvalue weighted by Gasteiger charge is 2.20. The highest BCUT2D eigenvalue weighted by molar-refractivity contribution is 6.31. The van der Waals surface area contributed by atoms with Gasteiger partial charge in [0.2, 0.25) is 0 Å². The number of hydrogen-bond donors (Lipinski definition) is 1. The minimum atomic E-state index is -0.226. The summed E-state index contributed by atoms with van der Waals surface area (Å²) in [6.45, 7) is 1.72. The Morgan fingerprint density at radius 3 is 3.10 bits per heavy atom. The summed E-state index contributed by atoms with van der Waals surface area (Å²) in [7, 11) is 0. The number of hydrogen-bond acceptors (Lipinski definition) is 4. The average molecular weight is 307 g/mol. The third-order valence-corrected chi connectivity index (χ3v) is 3.70. The van der Waals surface area contributed by atoms with Gasteiger partial charge in [0, 0.05) is 11.6 Å². The molecule has 1 saturated heterocycles. The molecule has 1 amide bonds. The molecule has 0 saturated carbocycles. The zero-order valence-corrected chi connectivity index (χ0v) is 12.1. The van der Waals surface area contributed by atoms with E-state index in [4.69, 9.17) is 16.3 Å². The van der Waals surface area contributed by atoms with Gasteiger partial charge >= 0.3 is 0 Å². The van der Waals surface area contributed by atoms with Gasteiger partial charge in [-0.2, -0.15) is 0 Å². The predicted molar refractivity (Wildman–Crippen MR) is 77.3 cm³/mol. The van der Waals surface area contributed by atoms with Crippen LogP contribution in [-0.2, 0) is 11.3 Å². The Bertz CT molecular complexity index is 637. The lowest BCUT2D eigenvalue weighted by Crippen LogP contribution is -2.35. The quantitative estimate of drug-likeness (QED) is 0.929. The van der Waals surface area contributed by atoms with Crippen LogP contribution < -0.4 is 5.32 Å². The third-order valence-electron chi connectivity index (χ3n) is 3.33. The number of carbonyl (C=O) groups excluding carboxylic acids is 1. The van der Waals surface area contributed by atoms with Gasteiger partial charge in [-0.25, -0.2) is 4.68 Å². The summed E-state index contributed by atoms with van der Waals surface area (Å²) in [5.74, 6) is -0.226. The Labute approximate surface area is 127 Å². The molecule has 21 heavy (non-hydrogen) atoms. The van der Waals surface area contributed by atoms with Crippen molar-refractivity contribution in [2.45, 2.75) is 19.0 Å². The van der Waals surface area contributed by atoms with Crippen molar-refractivity contribution in [1.82, 2.24) is 20.3 Å². The van der Waals surface area contributed by atoms with Crippen LogP contribution >= 0.6 is 11.6 Å². The molecule has 7 heteroatoms. The van der Waals surface area contributed by atoms with Gasteiger partial charge in [-0.15, -0.1) is 5.10 Å². The molecule has 1 aromatic heterocycles. The van der Waals surface area contributed by atoms with Crippen LogP contribution in [0, 0.1) is 0 Å². The third kappa shape index (κ3) is 3.40. The van der Waals surface area contributed by atoms with Gasteiger partial charge in [-0.05, 0) is 18.1 Å². The number of ether oxygens (including phenoxy) is 1. The average Bonchev–Trinajstić information content (AvgIpc) is 3.13. The minimum Gasteiger partial charge on any atom is -0.379 e. The number of carbonyl (C=O) groups is 1. The molecule has 0 aliphatic carbocycles. The van der Waals surface area contributed by atoms with Crippen LogP contribution in [0.4, 0.5) is 0 Å². The summed E-state index contributed by atoms with van der Waals surface area (Å²) >= 11 is 6.10. The lowest BCUT2D eigenvalue weighted by Gasteiger charge is -2.08. The fourth-order valence-electron chi connectivity index (χ4n) is 2.19. The first-order valence-corrected chi connectivity index (χ1v) is 7.12. The first kappa shape index (κ1) is 14.0. The number of nitrogens with one attached hydrogen (secondary N) is 1. The van der Waals surface area contributed by atoms with Crippen molar-refractivity contribution < 1.29 is 9.53 Å². The van der Waals surface area contributed by atoms with Gasteiger partial charge in [0.05, 0.1) is 25.4 Å². The molecule has 1 aliphatic rings. The SMILES string of the molecule is O=C(N[C@@H]1CCOC1)c1cn(Cc2ccccc2Cl)nn1. The Balaban J connectivity index is 1.65. The topological polar surface area (TPSA) is 69.0 Å². The number of aromatic nitrogens is 3. The zero-order chi connectivity index (χ0) is 14.7. The Morgan fingerprint density at radius 1 is 1.48 bits per heavy atom. The first-order chi connectivity index (χ1) is 10.2. The predicted octanol–water partition coefficient (Wildman–Crippen LogP) is 1.50. The van der Waals surface area contributed by atoms with Crippen LogP contribution in [0.5, 0.6) is 0 Å². The van der Waals surface area contributed by atoms with Crippen molar-refractivity contribution in [1.29, 1.82) is 0 Å². The lowest BCUT2D eigenvalue weighted by molar-refractivity contribution is 0.0925. The molecule has 3 rings (SSSR count). The minimum absolute atomic E-state index is 0.0613. The molecule has 1 N–H and O–H groups in total. The summed E-state index contributed by atoms with van der Waals surface area (Å²) in [6.07, 6.45) is 2.45. The Kier molecular flexibility index (Phi) is 4.17. The molecule has 1 aromatic carbocycles. The molecule has 0 unspecified atom stereocenters. The summed E-state index contributed by atoms with van der Waals surface area (Å²) < 4.78 is 6.82. The number of benzene rings is 1. The maximum atomic E-state index is 12.0. The molecule has 1 fully saturated rings. The maximum absolute atomic E-state index is 12.0. The summed E-state index contributed by atoms with van der Waals surface area (Å²) in [6, 6.07) is 7.58. The van der Waals surface area contributed by atoms with E-state index in [1.807, 2.05) is 24.3 Å². The summed E-state index contributed by atoms with van der Waals surface area (Å²) in [4.78, 5) is 12.0. The van der Waals surface area contributed by atoms with Crippen LogP contribution in [0.3, 0.4) is 0 Å². The zero-order valence-electron chi connectivity index (χ0n) is 11.3. The smallest absolute Gasteiger partial charge is 0.273 e. The van der Waals surface area contributed by atoms with Gasteiger partial charge in [-0.3, -0.25) is 4.79 Å². The fraction of sp³-hybridized carbons (Fsp3) is 0.357. The van der Waals surface area contributed by atoms with E-state index in [9.17, 15) is 4.79 Å². The van der Waals surface area contributed by atoms with E-state index in [0.29, 0.717) is 30.5 Å². The molecule has 6 nitrogen and oxygen atoms in total. The second kappa shape index (κ2) is 6.24. The summed E-state index contributed by atoms with van der Waals surface area (Å²) in [5.41, 5.74) is 1.23. The van der Waals surface area contributed by atoms with Crippen LogP contribution in [0.25, 0.3) is 0 Å². The van der Waals surface area contributed by atoms with E-state index < -0.39 is 0 Å². The van der Waals surface area contributed by atoms with Crippen molar-refractivity contribution >= 4 is 17.5 Å². The van der Waals surface area contributed by atoms with E-state index in [-0.39, 0.29) is 11.9 Å². The molecule has 0 bridgehead atoms. The van der Waals surface area contributed by atoms with E-state index in [1.165, 1.54) is 0 Å². The first-order valence-electron chi connectivity index (χ1n) is 6.74. The van der Waals surface area contributed by atoms with Crippen molar-refractivity contribution in [3.63, 3.8) is 0 Å². The molecular formula is C14H15ClN4O2. The van der Waals surface area contributed by atoms with Gasteiger partial charge in [0.1, 0.15) is 0 Å². The lowest BCUT2D eigenvalue weighted by atomic mass is 10.2. The van der Waals surface area contributed by atoms with Gasteiger partial charge in [-0.1, -0.05) is 35.0 Å². The highest BCUT2D eigenvalue weighted by Crippen LogP contribution is 2.15. The number of nitrogens with zero attached hydrogens (tertiary/aromatic N) is 3. The number of rotatable bonds is 4. The van der Waals surface area contributed by atoms with Gasteiger partial charge < -0.3 is 10.1 Å². The molecule has 110 valence electrons. The monoisotopic (exact) mass is 306 g/mol. The molecular weight excluding hydrogens is 292 g/mol. The summed E-state index contributed by atoms with van der Waals surface area (Å²) in [5, 5.41) is 11.4. The van der Waals surface area contributed by atoms with Crippen molar-refractivity contribution in [2.75, 3.05) is 13.2 Å². The molecule has 2 heterocycles. The molecule has 1 aliphatic heterocycles. The normalized spacial score (nSPS) is 17.9. The fourth-order valence-corrected chi connectivity index (χ4v) is 2.38. The largest absolute Gasteiger partial charge is 0.379 e. The molecule has 0 radical (unpaired) electrons. The number of amides is 1. The molecule has 0 spiro atoms. The van der Waals surface area contributed by atoms with Crippen LogP contribution in [-0.4, -0.2) is 40.2 Å². The van der Waals surface area contributed by atoms with E-state index in [0.717, 1.165) is 12.0 Å². The highest BCUT2D eigenvalue weighted by atomic mass is 35.5. The van der Waals surface area contributed by atoms with Crippen molar-refractivity contribution in [3.05, 3.63) is 46.7 Å².